The highest BCUT2D eigenvalue weighted by Crippen LogP contribution is 2.34. The van der Waals surface area contributed by atoms with Crippen LogP contribution in [-0.2, 0) is 6.54 Å². The van der Waals surface area contributed by atoms with Crippen molar-refractivity contribution in [1.82, 2.24) is 10.6 Å². The number of aliphatic imine (C=N–C) groups is 1. The fourth-order valence-electron chi connectivity index (χ4n) is 2.73. The van der Waals surface area contributed by atoms with E-state index in [0.717, 1.165) is 42.4 Å². The molecule has 22 heavy (non-hydrogen) atoms. The van der Waals surface area contributed by atoms with Gasteiger partial charge in [-0.2, -0.15) is 0 Å². The van der Waals surface area contributed by atoms with E-state index in [2.05, 4.69) is 21.7 Å². The maximum absolute atomic E-state index is 6.23. The van der Waals surface area contributed by atoms with Gasteiger partial charge in [-0.3, -0.25) is 4.99 Å². The molecule has 122 valence electrons. The van der Waals surface area contributed by atoms with Gasteiger partial charge in [0.15, 0.2) is 17.5 Å². The number of hydrogen-bond acceptors (Lipinski definition) is 3. The molecule has 5 nitrogen and oxygen atoms in total. The van der Waals surface area contributed by atoms with Gasteiger partial charge in [-0.15, -0.1) is 0 Å². The normalized spacial score (nSPS) is 15.7. The van der Waals surface area contributed by atoms with Gasteiger partial charge in [0.25, 0.3) is 0 Å². The van der Waals surface area contributed by atoms with Gasteiger partial charge >= 0.3 is 0 Å². The lowest BCUT2D eigenvalue weighted by atomic mass is 10.1. The second kappa shape index (κ2) is 8.51. The monoisotopic (exact) mass is 305 g/mol. The third kappa shape index (κ3) is 4.29. The Kier molecular flexibility index (Phi) is 6.37. The molecule has 1 aliphatic carbocycles. The SMILES string of the molecule is CCNC(=NC)NCc1cccc(OC)c1OC1CCCC1. The van der Waals surface area contributed by atoms with E-state index in [1.54, 1.807) is 14.2 Å². The van der Waals surface area contributed by atoms with E-state index in [9.17, 15) is 0 Å². The van der Waals surface area contributed by atoms with Crippen LogP contribution in [0.3, 0.4) is 0 Å². The molecule has 0 aliphatic heterocycles. The van der Waals surface area contributed by atoms with Gasteiger partial charge in [0, 0.05) is 25.7 Å². The number of rotatable bonds is 6. The van der Waals surface area contributed by atoms with E-state index in [0.29, 0.717) is 12.6 Å². The van der Waals surface area contributed by atoms with Crippen LogP contribution in [0.2, 0.25) is 0 Å². The standard InChI is InChI=1S/C17H27N3O2/c1-4-19-17(18-2)20-12-13-8-7-11-15(21-3)16(13)22-14-9-5-6-10-14/h7-8,11,14H,4-6,9-10,12H2,1-3H3,(H2,18,19,20). The average molecular weight is 305 g/mol. The van der Waals surface area contributed by atoms with Crippen LogP contribution in [0.5, 0.6) is 11.5 Å². The zero-order chi connectivity index (χ0) is 15.8. The topological polar surface area (TPSA) is 54.9 Å². The molecule has 0 unspecified atom stereocenters. The summed E-state index contributed by atoms with van der Waals surface area (Å²) in [7, 11) is 3.46. The van der Waals surface area contributed by atoms with Crippen LogP contribution in [-0.4, -0.2) is 32.8 Å². The highest BCUT2D eigenvalue weighted by molar-refractivity contribution is 5.79. The van der Waals surface area contributed by atoms with Crippen molar-refractivity contribution in [2.45, 2.75) is 45.3 Å². The fraction of sp³-hybridized carbons (Fsp3) is 0.588. The number of hydrogen-bond donors (Lipinski definition) is 2. The molecule has 0 aromatic heterocycles. The second-order valence-corrected chi connectivity index (χ2v) is 5.43. The quantitative estimate of drug-likeness (QED) is 0.627. The molecule has 0 amide bonds. The van der Waals surface area contributed by atoms with Gasteiger partial charge < -0.3 is 20.1 Å². The molecule has 1 aromatic carbocycles. The molecule has 1 fully saturated rings. The first-order chi connectivity index (χ1) is 10.8. The maximum atomic E-state index is 6.23. The maximum Gasteiger partial charge on any atom is 0.191 e. The molecular weight excluding hydrogens is 278 g/mol. The van der Waals surface area contributed by atoms with E-state index in [1.807, 2.05) is 19.1 Å². The summed E-state index contributed by atoms with van der Waals surface area (Å²) in [5.41, 5.74) is 1.09. The number of methoxy groups -OCH3 is 1. The molecule has 0 radical (unpaired) electrons. The largest absolute Gasteiger partial charge is 0.493 e. The van der Waals surface area contributed by atoms with Gasteiger partial charge in [0.2, 0.25) is 0 Å². The molecule has 0 atom stereocenters. The van der Waals surface area contributed by atoms with Crippen LogP contribution in [0, 0.1) is 0 Å². The predicted molar refractivity (Wildman–Crippen MR) is 89.8 cm³/mol. The van der Waals surface area contributed by atoms with Crippen molar-refractivity contribution in [2.24, 2.45) is 4.99 Å². The van der Waals surface area contributed by atoms with Crippen LogP contribution in [0.4, 0.5) is 0 Å². The molecule has 0 spiro atoms. The summed E-state index contributed by atoms with van der Waals surface area (Å²) in [5, 5.41) is 6.50. The molecule has 0 bridgehead atoms. The molecule has 1 aromatic rings. The van der Waals surface area contributed by atoms with Crippen molar-refractivity contribution in [3.8, 4) is 11.5 Å². The first kappa shape index (κ1) is 16.5. The Morgan fingerprint density at radius 3 is 2.68 bits per heavy atom. The Hall–Kier alpha value is -1.91. The van der Waals surface area contributed by atoms with Crippen LogP contribution < -0.4 is 20.1 Å². The highest BCUT2D eigenvalue weighted by Gasteiger charge is 2.20. The zero-order valence-electron chi connectivity index (χ0n) is 13.8. The summed E-state index contributed by atoms with van der Waals surface area (Å²) >= 11 is 0. The van der Waals surface area contributed by atoms with Crippen molar-refractivity contribution in [2.75, 3.05) is 20.7 Å². The van der Waals surface area contributed by atoms with Crippen LogP contribution >= 0.6 is 0 Å². The van der Waals surface area contributed by atoms with E-state index >= 15 is 0 Å². The van der Waals surface area contributed by atoms with E-state index in [-0.39, 0.29) is 0 Å². The first-order valence-electron chi connectivity index (χ1n) is 8.05. The van der Waals surface area contributed by atoms with E-state index < -0.39 is 0 Å². The number of guanidine groups is 1. The smallest absolute Gasteiger partial charge is 0.191 e. The lowest BCUT2D eigenvalue weighted by molar-refractivity contribution is 0.198. The molecule has 1 aliphatic rings. The Balaban J connectivity index is 2.11. The second-order valence-electron chi connectivity index (χ2n) is 5.43. The molecule has 2 rings (SSSR count). The van der Waals surface area contributed by atoms with Crippen molar-refractivity contribution >= 4 is 5.96 Å². The average Bonchev–Trinajstić information content (AvgIpc) is 3.05. The van der Waals surface area contributed by atoms with Crippen molar-refractivity contribution in [3.63, 3.8) is 0 Å². The number of nitrogens with one attached hydrogen (secondary N) is 2. The minimum Gasteiger partial charge on any atom is -0.493 e. The molecule has 1 saturated carbocycles. The number of para-hydroxylation sites is 1. The third-order valence-electron chi connectivity index (χ3n) is 3.88. The lowest BCUT2D eigenvalue weighted by Crippen LogP contribution is -2.36. The Morgan fingerprint density at radius 1 is 1.27 bits per heavy atom. The van der Waals surface area contributed by atoms with Crippen molar-refractivity contribution in [3.05, 3.63) is 23.8 Å². The van der Waals surface area contributed by atoms with E-state index in [4.69, 9.17) is 9.47 Å². The van der Waals surface area contributed by atoms with Crippen LogP contribution in [0.1, 0.15) is 38.2 Å². The number of ether oxygens (including phenoxy) is 2. The molecule has 5 heteroatoms. The minimum atomic E-state index is 0.308. The molecule has 0 heterocycles. The first-order valence-corrected chi connectivity index (χ1v) is 8.05. The Morgan fingerprint density at radius 2 is 2.05 bits per heavy atom. The van der Waals surface area contributed by atoms with Gasteiger partial charge in [0.1, 0.15) is 0 Å². The predicted octanol–water partition coefficient (Wildman–Crippen LogP) is 2.70. The van der Waals surface area contributed by atoms with E-state index in [1.165, 1.54) is 12.8 Å². The summed E-state index contributed by atoms with van der Waals surface area (Å²) in [6.07, 6.45) is 5.07. The van der Waals surface area contributed by atoms with Crippen LogP contribution in [0.15, 0.2) is 23.2 Å². The summed E-state index contributed by atoms with van der Waals surface area (Å²) in [6, 6.07) is 6.01. The molecular formula is C17H27N3O2. The molecule has 0 saturated heterocycles. The van der Waals surface area contributed by atoms with Crippen molar-refractivity contribution in [1.29, 1.82) is 0 Å². The number of nitrogens with zero attached hydrogens (tertiary/aromatic N) is 1. The van der Waals surface area contributed by atoms with Gasteiger partial charge in [0.05, 0.1) is 13.2 Å². The van der Waals surface area contributed by atoms with Crippen LogP contribution in [0.25, 0.3) is 0 Å². The summed E-state index contributed by atoms with van der Waals surface area (Å²) in [5.74, 6) is 2.44. The summed E-state index contributed by atoms with van der Waals surface area (Å²) in [4.78, 5) is 4.19. The van der Waals surface area contributed by atoms with Gasteiger partial charge in [-0.25, -0.2) is 0 Å². The minimum absolute atomic E-state index is 0.308. The summed E-state index contributed by atoms with van der Waals surface area (Å²) in [6.45, 7) is 3.54. The van der Waals surface area contributed by atoms with Gasteiger partial charge in [-0.05, 0) is 38.7 Å². The van der Waals surface area contributed by atoms with Gasteiger partial charge in [-0.1, -0.05) is 12.1 Å². The zero-order valence-corrected chi connectivity index (χ0v) is 13.8. The van der Waals surface area contributed by atoms with Crippen molar-refractivity contribution < 1.29 is 9.47 Å². The third-order valence-corrected chi connectivity index (χ3v) is 3.88. The Bertz CT molecular complexity index is 497. The number of benzene rings is 1. The molecule has 2 N–H and O–H groups in total. The Labute approximate surface area is 133 Å². The highest BCUT2D eigenvalue weighted by atomic mass is 16.5. The summed E-state index contributed by atoms with van der Waals surface area (Å²) < 4.78 is 11.7. The lowest BCUT2D eigenvalue weighted by Gasteiger charge is -2.20. The fourth-order valence-corrected chi connectivity index (χ4v) is 2.73.